The number of carbonyl (C=O) groups is 1. The van der Waals surface area contributed by atoms with Gasteiger partial charge in [0.05, 0.1) is 18.7 Å². The van der Waals surface area contributed by atoms with E-state index >= 15 is 0 Å². The highest BCUT2D eigenvalue weighted by Crippen LogP contribution is 2.64. The summed E-state index contributed by atoms with van der Waals surface area (Å²) in [5, 5.41) is 3.97. The van der Waals surface area contributed by atoms with Gasteiger partial charge < -0.3 is 10.1 Å². The van der Waals surface area contributed by atoms with Gasteiger partial charge in [0, 0.05) is 5.69 Å². The van der Waals surface area contributed by atoms with Crippen LogP contribution in [-0.4, -0.2) is 13.1 Å². The zero-order valence-electron chi connectivity index (χ0n) is 16.9. The number of nitrogens with one attached hydrogen (secondary N) is 1. The van der Waals surface area contributed by atoms with E-state index < -0.39 is 0 Å². The molecular formula is C25H29NO2. The van der Waals surface area contributed by atoms with Gasteiger partial charge in [-0.2, -0.15) is 0 Å². The summed E-state index contributed by atoms with van der Waals surface area (Å²) < 4.78 is 4.87. The van der Waals surface area contributed by atoms with E-state index in [1.54, 1.807) is 5.56 Å². The first kappa shape index (κ1) is 17.8. The van der Waals surface area contributed by atoms with Gasteiger partial charge in [0.25, 0.3) is 0 Å². The van der Waals surface area contributed by atoms with E-state index in [2.05, 4.69) is 49.5 Å². The Morgan fingerprint density at radius 1 is 1.07 bits per heavy atom. The smallest absolute Gasteiger partial charge is 0.337 e. The van der Waals surface area contributed by atoms with E-state index in [0.717, 1.165) is 11.8 Å². The Morgan fingerprint density at radius 3 is 2.54 bits per heavy atom. The van der Waals surface area contributed by atoms with E-state index in [1.807, 2.05) is 12.1 Å². The molecule has 0 saturated heterocycles. The standard InChI is InChI=1S/C25H29NO2/c1-14(2)19-5-4-6-20-21-17-11-12-18(13-17)22(21)23(26-24(19)20)15-7-9-16(10-8-15)25(27)28-3/h4-10,14,17-18,21-23,26H,11-13H2,1-3H3/t17-,18-,21-,22+,23-/m0/s1. The Kier molecular flexibility index (Phi) is 4.22. The van der Waals surface area contributed by atoms with Gasteiger partial charge in [-0.25, -0.2) is 4.79 Å². The van der Waals surface area contributed by atoms with Crippen molar-refractivity contribution in [2.24, 2.45) is 17.8 Å². The lowest BCUT2D eigenvalue weighted by Crippen LogP contribution is -2.36. The molecule has 2 aliphatic carbocycles. The van der Waals surface area contributed by atoms with E-state index in [0.29, 0.717) is 29.4 Å². The zero-order valence-corrected chi connectivity index (χ0v) is 16.9. The van der Waals surface area contributed by atoms with Crippen LogP contribution in [-0.2, 0) is 4.74 Å². The lowest BCUT2D eigenvalue weighted by atomic mass is 9.67. The first-order chi connectivity index (χ1) is 13.6. The molecule has 3 aliphatic rings. The average Bonchev–Trinajstić information content (AvgIpc) is 3.35. The molecule has 0 aromatic heterocycles. The summed E-state index contributed by atoms with van der Waals surface area (Å²) in [7, 11) is 1.43. The van der Waals surface area contributed by atoms with Gasteiger partial charge in [-0.3, -0.25) is 0 Å². The Bertz CT molecular complexity index is 901. The number of carbonyl (C=O) groups excluding carboxylic acids is 1. The van der Waals surface area contributed by atoms with Crippen LogP contribution in [0.5, 0.6) is 0 Å². The molecule has 5 rings (SSSR count). The number of methoxy groups -OCH3 is 1. The number of esters is 1. The zero-order chi connectivity index (χ0) is 19.4. The van der Waals surface area contributed by atoms with Crippen LogP contribution in [0.1, 0.15) is 78.0 Å². The summed E-state index contributed by atoms with van der Waals surface area (Å²) in [6, 6.07) is 15.3. The van der Waals surface area contributed by atoms with Crippen molar-refractivity contribution in [1.82, 2.24) is 0 Å². The predicted octanol–water partition coefficient (Wildman–Crippen LogP) is 5.89. The monoisotopic (exact) mass is 375 g/mol. The average molecular weight is 376 g/mol. The molecule has 3 nitrogen and oxygen atoms in total. The molecular weight excluding hydrogens is 346 g/mol. The molecule has 0 amide bonds. The summed E-state index contributed by atoms with van der Waals surface area (Å²) in [5.41, 5.74) is 6.25. The van der Waals surface area contributed by atoms with Gasteiger partial charge in [-0.15, -0.1) is 0 Å². The normalized spacial score (nSPS) is 29.9. The van der Waals surface area contributed by atoms with Gasteiger partial charge in [-0.05, 0) is 77.7 Å². The number of hydrogen-bond acceptors (Lipinski definition) is 3. The van der Waals surface area contributed by atoms with Crippen molar-refractivity contribution in [3.8, 4) is 0 Å². The number of fused-ring (bicyclic) bond motifs is 7. The summed E-state index contributed by atoms with van der Waals surface area (Å²) >= 11 is 0. The fourth-order valence-electron chi connectivity index (χ4n) is 6.29. The molecule has 2 aromatic rings. The molecule has 2 aromatic carbocycles. The van der Waals surface area contributed by atoms with Crippen molar-refractivity contribution in [2.75, 3.05) is 12.4 Å². The molecule has 1 heterocycles. The van der Waals surface area contributed by atoms with E-state index in [-0.39, 0.29) is 5.97 Å². The highest BCUT2D eigenvalue weighted by molar-refractivity contribution is 5.89. The van der Waals surface area contributed by atoms with Crippen LogP contribution in [0.2, 0.25) is 0 Å². The van der Waals surface area contributed by atoms with Crippen LogP contribution in [0.4, 0.5) is 5.69 Å². The SMILES string of the molecule is COC(=O)c1ccc([C@@H]2Nc3c(C(C)C)cccc3[C@@H]3[C@H]4CC[C@@H](C4)[C@H]32)cc1. The van der Waals surface area contributed by atoms with Crippen LogP contribution in [0, 0.1) is 17.8 Å². The minimum absolute atomic E-state index is 0.270. The number of para-hydroxylation sites is 1. The van der Waals surface area contributed by atoms with Gasteiger partial charge in [0.15, 0.2) is 0 Å². The van der Waals surface area contributed by atoms with Crippen LogP contribution >= 0.6 is 0 Å². The molecule has 5 atom stereocenters. The third kappa shape index (κ3) is 2.59. The molecule has 0 radical (unpaired) electrons. The van der Waals surface area contributed by atoms with Crippen molar-refractivity contribution >= 4 is 11.7 Å². The van der Waals surface area contributed by atoms with Gasteiger partial charge in [0.2, 0.25) is 0 Å². The molecule has 1 N–H and O–H groups in total. The van der Waals surface area contributed by atoms with Gasteiger partial charge in [-0.1, -0.05) is 44.2 Å². The van der Waals surface area contributed by atoms with E-state index in [4.69, 9.17) is 4.74 Å². The largest absolute Gasteiger partial charge is 0.465 e. The lowest BCUT2D eigenvalue weighted by Gasteiger charge is -2.44. The molecule has 2 bridgehead atoms. The molecule has 1 aliphatic heterocycles. The molecule has 28 heavy (non-hydrogen) atoms. The van der Waals surface area contributed by atoms with Crippen LogP contribution in [0.3, 0.4) is 0 Å². The minimum atomic E-state index is -0.270. The van der Waals surface area contributed by atoms with Crippen molar-refractivity contribution in [1.29, 1.82) is 0 Å². The Morgan fingerprint density at radius 2 is 1.82 bits per heavy atom. The number of benzene rings is 2. The molecule has 0 unspecified atom stereocenters. The van der Waals surface area contributed by atoms with Crippen LogP contribution in [0.15, 0.2) is 42.5 Å². The fourth-order valence-corrected chi connectivity index (χ4v) is 6.29. The second-order valence-electron chi connectivity index (χ2n) is 9.14. The molecule has 2 fully saturated rings. The van der Waals surface area contributed by atoms with Crippen LogP contribution in [0.25, 0.3) is 0 Å². The topological polar surface area (TPSA) is 38.3 Å². The van der Waals surface area contributed by atoms with E-state index in [9.17, 15) is 4.79 Å². The van der Waals surface area contributed by atoms with Crippen molar-refractivity contribution in [3.05, 3.63) is 64.7 Å². The number of hydrogen-bond donors (Lipinski definition) is 1. The number of ether oxygens (including phenoxy) is 1. The maximum Gasteiger partial charge on any atom is 0.337 e. The van der Waals surface area contributed by atoms with Gasteiger partial charge in [0.1, 0.15) is 0 Å². The molecule has 146 valence electrons. The van der Waals surface area contributed by atoms with Gasteiger partial charge >= 0.3 is 5.97 Å². The summed E-state index contributed by atoms with van der Waals surface area (Å²) in [4.78, 5) is 11.8. The van der Waals surface area contributed by atoms with Crippen molar-refractivity contribution in [3.63, 3.8) is 0 Å². The summed E-state index contributed by atoms with van der Waals surface area (Å²) in [6.45, 7) is 4.56. The Labute approximate surface area is 167 Å². The van der Waals surface area contributed by atoms with Crippen molar-refractivity contribution < 1.29 is 9.53 Å². The van der Waals surface area contributed by atoms with E-state index in [1.165, 1.54) is 43.2 Å². The minimum Gasteiger partial charge on any atom is -0.465 e. The first-order valence-corrected chi connectivity index (χ1v) is 10.7. The fraction of sp³-hybridized carbons (Fsp3) is 0.480. The third-order valence-corrected chi connectivity index (χ3v) is 7.47. The Balaban J connectivity index is 1.58. The second-order valence-corrected chi connectivity index (χ2v) is 9.14. The first-order valence-electron chi connectivity index (χ1n) is 10.7. The van der Waals surface area contributed by atoms with Crippen LogP contribution < -0.4 is 5.32 Å². The second kappa shape index (κ2) is 6.65. The summed E-state index contributed by atoms with van der Waals surface area (Å²) in [6.07, 6.45) is 4.12. The quantitative estimate of drug-likeness (QED) is 0.680. The Hall–Kier alpha value is -2.29. The highest BCUT2D eigenvalue weighted by Gasteiger charge is 2.54. The van der Waals surface area contributed by atoms with Crippen molar-refractivity contribution in [2.45, 2.75) is 51.0 Å². The summed E-state index contributed by atoms with van der Waals surface area (Å²) in [5.74, 6) is 3.18. The maximum atomic E-state index is 11.8. The molecule has 3 heteroatoms. The lowest BCUT2D eigenvalue weighted by molar-refractivity contribution is 0.0600. The molecule has 2 saturated carbocycles. The molecule has 0 spiro atoms. The number of rotatable bonds is 3. The third-order valence-electron chi connectivity index (χ3n) is 7.47. The predicted molar refractivity (Wildman–Crippen MR) is 112 cm³/mol. The maximum absolute atomic E-state index is 11.8. The highest BCUT2D eigenvalue weighted by atomic mass is 16.5. The number of anilines is 1.